The third-order valence-corrected chi connectivity index (χ3v) is 3.60. The fourth-order valence-corrected chi connectivity index (χ4v) is 2.37. The normalized spacial score (nSPS) is 17.4. The zero-order chi connectivity index (χ0) is 12.8. The molecule has 1 aliphatic heterocycles. The molecule has 3 heteroatoms. The quantitative estimate of drug-likeness (QED) is 0.872. The van der Waals surface area contributed by atoms with Crippen molar-refractivity contribution in [3.05, 3.63) is 29.8 Å². The van der Waals surface area contributed by atoms with E-state index < -0.39 is 0 Å². The van der Waals surface area contributed by atoms with E-state index in [1.807, 2.05) is 0 Å². The van der Waals surface area contributed by atoms with E-state index in [1.165, 1.54) is 43.9 Å². The average molecular weight is 247 g/mol. The molecule has 0 unspecified atom stereocenters. The Kier molecular flexibility index (Phi) is 5.02. The first-order chi connectivity index (χ1) is 8.75. The summed E-state index contributed by atoms with van der Waals surface area (Å²) >= 11 is 0. The van der Waals surface area contributed by atoms with Crippen LogP contribution in [0, 0.1) is 0 Å². The number of benzene rings is 1. The van der Waals surface area contributed by atoms with E-state index >= 15 is 0 Å². The van der Waals surface area contributed by atoms with Gasteiger partial charge < -0.3 is 15.1 Å². The van der Waals surface area contributed by atoms with E-state index in [1.54, 1.807) is 0 Å². The molecule has 1 aromatic rings. The molecule has 100 valence electrons. The SMILES string of the molecule is CN(C)c1ccc(CCN2CCCNCC2)cc1. The fourth-order valence-electron chi connectivity index (χ4n) is 2.37. The van der Waals surface area contributed by atoms with Gasteiger partial charge in [-0.3, -0.25) is 0 Å². The maximum atomic E-state index is 3.45. The number of hydrogen-bond donors (Lipinski definition) is 1. The van der Waals surface area contributed by atoms with Gasteiger partial charge >= 0.3 is 0 Å². The van der Waals surface area contributed by atoms with Gasteiger partial charge in [0.05, 0.1) is 0 Å². The van der Waals surface area contributed by atoms with Crippen LogP contribution >= 0.6 is 0 Å². The largest absolute Gasteiger partial charge is 0.378 e. The Bertz CT molecular complexity index is 337. The zero-order valence-electron chi connectivity index (χ0n) is 11.7. The lowest BCUT2D eigenvalue weighted by Crippen LogP contribution is -2.30. The van der Waals surface area contributed by atoms with E-state index in [4.69, 9.17) is 0 Å². The van der Waals surface area contributed by atoms with Gasteiger partial charge in [-0.1, -0.05) is 12.1 Å². The molecule has 0 atom stereocenters. The van der Waals surface area contributed by atoms with Crippen molar-refractivity contribution in [1.29, 1.82) is 0 Å². The Morgan fingerprint density at radius 3 is 2.61 bits per heavy atom. The molecule has 0 saturated carbocycles. The topological polar surface area (TPSA) is 18.5 Å². The molecule has 0 aromatic heterocycles. The van der Waals surface area contributed by atoms with Crippen LogP contribution in [-0.4, -0.2) is 51.7 Å². The first kappa shape index (κ1) is 13.4. The maximum absolute atomic E-state index is 3.45. The predicted molar refractivity (Wildman–Crippen MR) is 78.4 cm³/mol. The van der Waals surface area contributed by atoms with Gasteiger partial charge in [-0.25, -0.2) is 0 Å². The number of hydrogen-bond acceptors (Lipinski definition) is 3. The molecule has 18 heavy (non-hydrogen) atoms. The van der Waals surface area contributed by atoms with Crippen LogP contribution in [0.4, 0.5) is 5.69 Å². The monoisotopic (exact) mass is 247 g/mol. The number of nitrogens with one attached hydrogen (secondary N) is 1. The van der Waals surface area contributed by atoms with E-state index in [0.717, 1.165) is 13.0 Å². The van der Waals surface area contributed by atoms with Gasteiger partial charge in [-0.15, -0.1) is 0 Å². The Morgan fingerprint density at radius 1 is 1.11 bits per heavy atom. The highest BCUT2D eigenvalue weighted by Crippen LogP contribution is 2.13. The molecule has 1 saturated heterocycles. The van der Waals surface area contributed by atoms with Gasteiger partial charge in [0, 0.05) is 39.4 Å². The molecule has 3 nitrogen and oxygen atoms in total. The highest BCUT2D eigenvalue weighted by Gasteiger charge is 2.08. The van der Waals surface area contributed by atoms with Gasteiger partial charge in [0.2, 0.25) is 0 Å². The second-order valence-electron chi connectivity index (χ2n) is 5.26. The van der Waals surface area contributed by atoms with Crippen molar-refractivity contribution in [3.8, 4) is 0 Å². The van der Waals surface area contributed by atoms with Gasteiger partial charge in [-0.05, 0) is 43.6 Å². The molecule has 1 N–H and O–H groups in total. The van der Waals surface area contributed by atoms with Crippen LogP contribution in [-0.2, 0) is 6.42 Å². The van der Waals surface area contributed by atoms with E-state index in [9.17, 15) is 0 Å². The summed E-state index contributed by atoms with van der Waals surface area (Å²) < 4.78 is 0. The zero-order valence-corrected chi connectivity index (χ0v) is 11.7. The van der Waals surface area contributed by atoms with Crippen molar-refractivity contribution >= 4 is 5.69 Å². The van der Waals surface area contributed by atoms with Crippen molar-refractivity contribution in [2.75, 3.05) is 51.7 Å². The Hall–Kier alpha value is -1.06. The molecule has 1 aliphatic rings. The maximum Gasteiger partial charge on any atom is 0.0361 e. The molecule has 0 bridgehead atoms. The molecule has 1 aromatic carbocycles. The Balaban J connectivity index is 1.81. The van der Waals surface area contributed by atoms with Crippen LogP contribution in [0.5, 0.6) is 0 Å². The Labute approximate surface area is 111 Å². The predicted octanol–water partition coefficient (Wildman–Crippen LogP) is 1.59. The lowest BCUT2D eigenvalue weighted by molar-refractivity contribution is 0.296. The molecule has 2 rings (SSSR count). The first-order valence-electron chi connectivity index (χ1n) is 6.95. The van der Waals surface area contributed by atoms with Crippen LogP contribution in [0.15, 0.2) is 24.3 Å². The standard InChI is InChI=1S/C15H25N3/c1-17(2)15-6-4-14(5-7-15)8-12-18-11-3-9-16-10-13-18/h4-7,16H,3,8-13H2,1-2H3. The smallest absolute Gasteiger partial charge is 0.0361 e. The number of rotatable bonds is 4. The van der Waals surface area contributed by atoms with Gasteiger partial charge in [0.1, 0.15) is 0 Å². The summed E-state index contributed by atoms with van der Waals surface area (Å²) in [6.07, 6.45) is 2.44. The van der Waals surface area contributed by atoms with Crippen molar-refractivity contribution in [2.45, 2.75) is 12.8 Å². The highest BCUT2D eigenvalue weighted by molar-refractivity contribution is 5.46. The highest BCUT2D eigenvalue weighted by atomic mass is 15.1. The second-order valence-corrected chi connectivity index (χ2v) is 5.26. The van der Waals surface area contributed by atoms with Crippen LogP contribution in [0.25, 0.3) is 0 Å². The number of anilines is 1. The van der Waals surface area contributed by atoms with Gasteiger partial charge in [0.25, 0.3) is 0 Å². The van der Waals surface area contributed by atoms with Crippen LogP contribution in [0.2, 0.25) is 0 Å². The van der Waals surface area contributed by atoms with Gasteiger partial charge in [-0.2, -0.15) is 0 Å². The summed E-state index contributed by atoms with van der Waals surface area (Å²) in [5.74, 6) is 0. The van der Waals surface area contributed by atoms with E-state index in [2.05, 4.69) is 53.5 Å². The molecular weight excluding hydrogens is 222 g/mol. The minimum atomic E-state index is 1.14. The molecule has 0 amide bonds. The third-order valence-electron chi connectivity index (χ3n) is 3.60. The van der Waals surface area contributed by atoms with Crippen molar-refractivity contribution in [2.24, 2.45) is 0 Å². The minimum absolute atomic E-state index is 1.14. The lowest BCUT2D eigenvalue weighted by atomic mass is 10.1. The van der Waals surface area contributed by atoms with E-state index in [0.29, 0.717) is 0 Å². The summed E-state index contributed by atoms with van der Waals surface area (Å²) in [6, 6.07) is 8.93. The molecule has 1 fully saturated rings. The molecule has 0 spiro atoms. The van der Waals surface area contributed by atoms with E-state index in [-0.39, 0.29) is 0 Å². The second kappa shape index (κ2) is 6.76. The molecule has 1 heterocycles. The van der Waals surface area contributed by atoms with Crippen molar-refractivity contribution < 1.29 is 0 Å². The summed E-state index contributed by atoms with van der Waals surface area (Å²) in [6.45, 7) is 5.93. The van der Waals surface area contributed by atoms with Crippen LogP contribution < -0.4 is 10.2 Å². The van der Waals surface area contributed by atoms with Crippen molar-refractivity contribution in [3.63, 3.8) is 0 Å². The van der Waals surface area contributed by atoms with Crippen LogP contribution in [0.1, 0.15) is 12.0 Å². The minimum Gasteiger partial charge on any atom is -0.378 e. The van der Waals surface area contributed by atoms with Crippen molar-refractivity contribution in [1.82, 2.24) is 10.2 Å². The van der Waals surface area contributed by atoms with Gasteiger partial charge in [0.15, 0.2) is 0 Å². The first-order valence-corrected chi connectivity index (χ1v) is 6.95. The molecule has 0 aliphatic carbocycles. The lowest BCUT2D eigenvalue weighted by Gasteiger charge is -2.19. The average Bonchev–Trinajstić information content (AvgIpc) is 2.65. The summed E-state index contributed by atoms with van der Waals surface area (Å²) in [5, 5.41) is 3.45. The summed E-state index contributed by atoms with van der Waals surface area (Å²) in [4.78, 5) is 4.71. The fraction of sp³-hybridized carbons (Fsp3) is 0.600. The Morgan fingerprint density at radius 2 is 1.89 bits per heavy atom. The summed E-state index contributed by atoms with van der Waals surface area (Å²) in [5.41, 5.74) is 2.72. The number of nitrogens with zero attached hydrogens (tertiary/aromatic N) is 2. The van der Waals surface area contributed by atoms with Crippen LogP contribution in [0.3, 0.4) is 0 Å². The molecular formula is C15H25N3. The molecule has 0 radical (unpaired) electrons. The summed E-state index contributed by atoms with van der Waals surface area (Å²) in [7, 11) is 4.17. The third kappa shape index (κ3) is 4.00.